The highest BCUT2D eigenvalue weighted by Crippen LogP contribution is 2.11. The highest BCUT2D eigenvalue weighted by molar-refractivity contribution is 5.88. The smallest absolute Gasteiger partial charge is 0.221 e. The van der Waals surface area contributed by atoms with Crippen molar-refractivity contribution in [1.82, 2.24) is 4.98 Å². The van der Waals surface area contributed by atoms with Gasteiger partial charge in [-0.25, -0.2) is 0 Å². The number of carbonyl (C=O) groups is 1. The maximum atomic E-state index is 10.9. The number of nitrogens with one attached hydrogen (secondary N) is 1. The molecular formula is C15H14N2O. The van der Waals surface area contributed by atoms with Gasteiger partial charge in [0, 0.05) is 18.8 Å². The minimum atomic E-state index is -0.0632. The molecule has 18 heavy (non-hydrogen) atoms. The van der Waals surface area contributed by atoms with Gasteiger partial charge in [-0.2, -0.15) is 0 Å². The summed E-state index contributed by atoms with van der Waals surface area (Å²) in [4.78, 5) is 15.1. The van der Waals surface area contributed by atoms with Crippen molar-refractivity contribution in [2.24, 2.45) is 0 Å². The SMILES string of the molecule is CC(=O)Nc1ccc(/C=C/c2ccccn2)cc1. The monoisotopic (exact) mass is 238 g/mol. The Morgan fingerprint density at radius 3 is 2.50 bits per heavy atom. The van der Waals surface area contributed by atoms with Gasteiger partial charge in [0.15, 0.2) is 0 Å². The number of carbonyl (C=O) groups excluding carboxylic acids is 1. The summed E-state index contributed by atoms with van der Waals surface area (Å²) in [5, 5.41) is 2.73. The summed E-state index contributed by atoms with van der Waals surface area (Å²) in [6, 6.07) is 13.4. The van der Waals surface area contributed by atoms with Crippen LogP contribution >= 0.6 is 0 Å². The van der Waals surface area contributed by atoms with Gasteiger partial charge in [-0.1, -0.05) is 24.3 Å². The van der Waals surface area contributed by atoms with Crippen LogP contribution in [0.3, 0.4) is 0 Å². The van der Waals surface area contributed by atoms with Crippen LogP contribution in [0.5, 0.6) is 0 Å². The summed E-state index contributed by atoms with van der Waals surface area (Å²) in [5.41, 5.74) is 2.79. The molecule has 0 radical (unpaired) electrons. The van der Waals surface area contributed by atoms with E-state index in [1.807, 2.05) is 54.6 Å². The summed E-state index contributed by atoms with van der Waals surface area (Å²) in [6.45, 7) is 1.49. The fourth-order valence-corrected chi connectivity index (χ4v) is 1.54. The van der Waals surface area contributed by atoms with Gasteiger partial charge in [0.1, 0.15) is 0 Å². The maximum absolute atomic E-state index is 10.9. The zero-order valence-corrected chi connectivity index (χ0v) is 10.1. The summed E-state index contributed by atoms with van der Waals surface area (Å²) in [5.74, 6) is -0.0632. The Kier molecular flexibility index (Phi) is 3.86. The van der Waals surface area contributed by atoms with E-state index in [0.29, 0.717) is 0 Å². The highest BCUT2D eigenvalue weighted by Gasteiger charge is 1.94. The zero-order chi connectivity index (χ0) is 12.8. The van der Waals surface area contributed by atoms with Crippen molar-refractivity contribution in [2.75, 3.05) is 5.32 Å². The molecule has 3 heteroatoms. The Hall–Kier alpha value is -2.42. The van der Waals surface area contributed by atoms with Gasteiger partial charge >= 0.3 is 0 Å². The molecule has 90 valence electrons. The quantitative estimate of drug-likeness (QED) is 0.892. The van der Waals surface area contributed by atoms with E-state index in [1.165, 1.54) is 6.92 Å². The minimum Gasteiger partial charge on any atom is -0.326 e. The number of pyridine rings is 1. The number of amides is 1. The number of hydrogen-bond donors (Lipinski definition) is 1. The van der Waals surface area contributed by atoms with Crippen LogP contribution in [0.25, 0.3) is 12.2 Å². The first-order valence-corrected chi connectivity index (χ1v) is 5.71. The van der Waals surface area contributed by atoms with Crippen LogP contribution in [0.1, 0.15) is 18.2 Å². The lowest BCUT2D eigenvalue weighted by molar-refractivity contribution is -0.114. The summed E-state index contributed by atoms with van der Waals surface area (Å²) in [6.07, 6.45) is 5.70. The molecule has 2 aromatic rings. The fraction of sp³-hybridized carbons (Fsp3) is 0.0667. The molecule has 0 atom stereocenters. The average molecular weight is 238 g/mol. The molecule has 2 rings (SSSR count). The Morgan fingerprint density at radius 2 is 1.89 bits per heavy atom. The third-order valence-electron chi connectivity index (χ3n) is 2.37. The molecule has 1 heterocycles. The van der Waals surface area contributed by atoms with E-state index in [-0.39, 0.29) is 5.91 Å². The first-order chi connectivity index (χ1) is 8.74. The lowest BCUT2D eigenvalue weighted by Crippen LogP contribution is -2.05. The summed E-state index contributed by atoms with van der Waals surface area (Å²) < 4.78 is 0. The number of benzene rings is 1. The topological polar surface area (TPSA) is 42.0 Å². The van der Waals surface area contributed by atoms with Crippen molar-refractivity contribution in [3.8, 4) is 0 Å². The standard InChI is InChI=1S/C15H14N2O/c1-12(18)17-15-9-6-13(7-10-15)5-8-14-4-2-3-11-16-14/h2-11H,1H3,(H,17,18)/b8-5+. The molecule has 3 nitrogen and oxygen atoms in total. The lowest BCUT2D eigenvalue weighted by Gasteiger charge is -2.01. The largest absolute Gasteiger partial charge is 0.326 e. The van der Waals surface area contributed by atoms with Crippen molar-refractivity contribution >= 4 is 23.7 Å². The molecule has 0 saturated heterocycles. The highest BCUT2D eigenvalue weighted by atomic mass is 16.1. The van der Waals surface area contributed by atoms with Gasteiger partial charge in [0.05, 0.1) is 5.69 Å². The van der Waals surface area contributed by atoms with Crippen LogP contribution in [0.4, 0.5) is 5.69 Å². The minimum absolute atomic E-state index is 0.0632. The molecule has 0 aliphatic heterocycles. The normalized spacial score (nSPS) is 10.5. The van der Waals surface area contributed by atoms with E-state index < -0.39 is 0 Å². The number of aromatic nitrogens is 1. The van der Waals surface area contributed by atoms with Crippen LogP contribution in [0, 0.1) is 0 Å². The molecule has 1 aromatic carbocycles. The maximum Gasteiger partial charge on any atom is 0.221 e. The van der Waals surface area contributed by atoms with Crippen LogP contribution in [0.15, 0.2) is 48.7 Å². The molecule has 1 amide bonds. The second-order valence-corrected chi connectivity index (χ2v) is 3.89. The molecule has 0 unspecified atom stereocenters. The molecular weight excluding hydrogens is 224 g/mol. The van der Waals surface area contributed by atoms with Crippen molar-refractivity contribution in [1.29, 1.82) is 0 Å². The molecule has 1 N–H and O–H groups in total. The molecule has 0 bridgehead atoms. The van der Waals surface area contributed by atoms with Crippen molar-refractivity contribution in [3.05, 3.63) is 59.9 Å². The van der Waals surface area contributed by atoms with Crippen molar-refractivity contribution in [3.63, 3.8) is 0 Å². The van der Waals surface area contributed by atoms with Crippen LogP contribution < -0.4 is 5.32 Å². The Morgan fingerprint density at radius 1 is 1.11 bits per heavy atom. The number of rotatable bonds is 3. The van der Waals surface area contributed by atoms with Crippen molar-refractivity contribution < 1.29 is 4.79 Å². The van der Waals surface area contributed by atoms with E-state index >= 15 is 0 Å². The summed E-state index contributed by atoms with van der Waals surface area (Å²) in [7, 11) is 0. The molecule has 0 spiro atoms. The van der Waals surface area contributed by atoms with E-state index in [2.05, 4.69) is 10.3 Å². The summed E-state index contributed by atoms with van der Waals surface area (Å²) >= 11 is 0. The van der Waals surface area contributed by atoms with Crippen LogP contribution in [-0.2, 0) is 4.79 Å². The van der Waals surface area contributed by atoms with Gasteiger partial charge in [0.2, 0.25) is 5.91 Å². The van der Waals surface area contributed by atoms with E-state index in [9.17, 15) is 4.79 Å². The predicted molar refractivity (Wildman–Crippen MR) is 73.9 cm³/mol. The van der Waals surface area contributed by atoms with E-state index in [1.54, 1.807) is 6.20 Å². The third kappa shape index (κ3) is 3.56. The Labute approximate surface area is 106 Å². The lowest BCUT2D eigenvalue weighted by atomic mass is 10.2. The number of hydrogen-bond acceptors (Lipinski definition) is 2. The third-order valence-corrected chi connectivity index (χ3v) is 2.37. The van der Waals surface area contributed by atoms with E-state index in [0.717, 1.165) is 16.9 Å². The second-order valence-electron chi connectivity index (χ2n) is 3.89. The Bertz CT molecular complexity index is 544. The van der Waals surface area contributed by atoms with Gasteiger partial charge in [-0.05, 0) is 35.9 Å². The number of nitrogens with zero attached hydrogens (tertiary/aromatic N) is 1. The zero-order valence-electron chi connectivity index (χ0n) is 10.1. The molecule has 1 aromatic heterocycles. The number of anilines is 1. The molecule has 0 fully saturated rings. The van der Waals surface area contributed by atoms with Gasteiger partial charge in [-0.3, -0.25) is 9.78 Å². The van der Waals surface area contributed by atoms with Gasteiger partial charge in [-0.15, -0.1) is 0 Å². The Balaban J connectivity index is 2.06. The molecule has 0 aliphatic rings. The van der Waals surface area contributed by atoms with Gasteiger partial charge in [0.25, 0.3) is 0 Å². The van der Waals surface area contributed by atoms with Crippen LogP contribution in [0.2, 0.25) is 0 Å². The average Bonchev–Trinajstić information content (AvgIpc) is 2.38. The van der Waals surface area contributed by atoms with Gasteiger partial charge < -0.3 is 5.32 Å². The predicted octanol–water partition coefficient (Wildman–Crippen LogP) is 3.21. The second kappa shape index (κ2) is 5.77. The first kappa shape index (κ1) is 12.0. The van der Waals surface area contributed by atoms with Crippen LogP contribution in [-0.4, -0.2) is 10.9 Å². The molecule has 0 aliphatic carbocycles. The molecule has 0 saturated carbocycles. The van der Waals surface area contributed by atoms with Crippen molar-refractivity contribution in [2.45, 2.75) is 6.92 Å². The first-order valence-electron chi connectivity index (χ1n) is 5.71. The van der Waals surface area contributed by atoms with E-state index in [4.69, 9.17) is 0 Å². The fourth-order valence-electron chi connectivity index (χ4n) is 1.54.